The number of aryl methyl sites for hydroxylation is 2. The minimum Gasteiger partial charge on any atom is -0.360 e. The second kappa shape index (κ2) is 4.89. The van der Waals surface area contributed by atoms with E-state index in [9.17, 15) is 0 Å². The molecular weight excluding hydrogens is 220 g/mol. The number of aromatic amines is 1. The van der Waals surface area contributed by atoms with E-state index in [2.05, 4.69) is 24.0 Å². The Labute approximate surface area is 101 Å². The molecule has 0 bridgehead atoms. The Kier molecular flexibility index (Phi) is 3.52. The van der Waals surface area contributed by atoms with Gasteiger partial charge in [-0.25, -0.2) is 0 Å². The molecule has 0 spiro atoms. The topological polar surface area (TPSA) is 41.8 Å². The third-order valence-electron chi connectivity index (χ3n) is 2.93. The summed E-state index contributed by atoms with van der Waals surface area (Å²) in [5.41, 5.74) is 9.08. The molecule has 3 heteroatoms. The van der Waals surface area contributed by atoms with E-state index >= 15 is 0 Å². The summed E-state index contributed by atoms with van der Waals surface area (Å²) < 4.78 is 0. The number of nitrogens with one attached hydrogen (secondary N) is 1. The SMILES string of the molecule is Cc1c[nH]c2c(Cl)cc(CCCCN)cc12. The van der Waals surface area contributed by atoms with Crippen LogP contribution in [-0.2, 0) is 6.42 Å². The molecule has 0 fully saturated rings. The van der Waals surface area contributed by atoms with Gasteiger partial charge in [0.25, 0.3) is 0 Å². The van der Waals surface area contributed by atoms with Crippen LogP contribution in [-0.4, -0.2) is 11.5 Å². The number of H-pyrrole nitrogens is 1. The van der Waals surface area contributed by atoms with Crippen LogP contribution in [0.4, 0.5) is 0 Å². The van der Waals surface area contributed by atoms with Gasteiger partial charge in [-0.05, 0) is 56.0 Å². The first-order valence-electron chi connectivity index (χ1n) is 5.68. The summed E-state index contributed by atoms with van der Waals surface area (Å²) in [5.74, 6) is 0. The number of hydrogen-bond donors (Lipinski definition) is 2. The number of rotatable bonds is 4. The maximum absolute atomic E-state index is 6.23. The summed E-state index contributed by atoms with van der Waals surface area (Å²) in [6, 6.07) is 4.28. The normalized spacial score (nSPS) is 11.2. The highest BCUT2D eigenvalue weighted by Gasteiger charge is 2.06. The van der Waals surface area contributed by atoms with E-state index in [0.717, 1.165) is 36.3 Å². The highest BCUT2D eigenvalue weighted by Crippen LogP contribution is 2.27. The van der Waals surface area contributed by atoms with E-state index in [1.807, 2.05) is 6.20 Å². The average Bonchev–Trinajstić information content (AvgIpc) is 2.62. The molecule has 2 nitrogen and oxygen atoms in total. The molecule has 0 aliphatic heterocycles. The van der Waals surface area contributed by atoms with Gasteiger partial charge in [-0.2, -0.15) is 0 Å². The predicted octanol–water partition coefficient (Wildman–Crippen LogP) is 3.41. The summed E-state index contributed by atoms with van der Waals surface area (Å²) in [4.78, 5) is 3.20. The Bertz CT molecular complexity index is 488. The number of benzene rings is 1. The van der Waals surface area contributed by atoms with E-state index < -0.39 is 0 Å². The molecule has 0 saturated heterocycles. The van der Waals surface area contributed by atoms with Crippen LogP contribution in [0.25, 0.3) is 10.9 Å². The quantitative estimate of drug-likeness (QED) is 0.785. The lowest BCUT2D eigenvalue weighted by atomic mass is 10.0. The predicted molar refractivity (Wildman–Crippen MR) is 70.0 cm³/mol. The van der Waals surface area contributed by atoms with E-state index in [4.69, 9.17) is 17.3 Å². The molecular formula is C13H17ClN2. The van der Waals surface area contributed by atoms with Crippen LogP contribution in [0.2, 0.25) is 5.02 Å². The first-order chi connectivity index (χ1) is 7.72. The van der Waals surface area contributed by atoms with Crippen molar-refractivity contribution >= 4 is 22.5 Å². The van der Waals surface area contributed by atoms with Crippen molar-refractivity contribution in [2.45, 2.75) is 26.2 Å². The zero-order valence-corrected chi connectivity index (χ0v) is 10.3. The highest BCUT2D eigenvalue weighted by atomic mass is 35.5. The van der Waals surface area contributed by atoms with Crippen molar-refractivity contribution < 1.29 is 0 Å². The van der Waals surface area contributed by atoms with Gasteiger partial charge in [0.2, 0.25) is 0 Å². The van der Waals surface area contributed by atoms with Gasteiger partial charge in [0, 0.05) is 11.6 Å². The van der Waals surface area contributed by atoms with Crippen LogP contribution in [0.1, 0.15) is 24.0 Å². The van der Waals surface area contributed by atoms with Crippen LogP contribution >= 0.6 is 11.6 Å². The second-order valence-corrected chi connectivity index (χ2v) is 4.62. The van der Waals surface area contributed by atoms with E-state index in [-0.39, 0.29) is 0 Å². The van der Waals surface area contributed by atoms with Gasteiger partial charge in [0.1, 0.15) is 0 Å². The average molecular weight is 237 g/mol. The minimum absolute atomic E-state index is 0.763. The lowest BCUT2D eigenvalue weighted by Crippen LogP contribution is -1.99. The highest BCUT2D eigenvalue weighted by molar-refractivity contribution is 6.35. The third kappa shape index (κ3) is 2.23. The Morgan fingerprint density at radius 3 is 2.88 bits per heavy atom. The van der Waals surface area contributed by atoms with Gasteiger partial charge in [0.05, 0.1) is 10.5 Å². The van der Waals surface area contributed by atoms with Crippen LogP contribution in [0, 0.1) is 6.92 Å². The summed E-state index contributed by atoms with van der Waals surface area (Å²) in [6.45, 7) is 2.86. The Balaban J connectivity index is 2.29. The maximum atomic E-state index is 6.23. The van der Waals surface area contributed by atoms with Crippen molar-refractivity contribution in [1.29, 1.82) is 0 Å². The minimum atomic E-state index is 0.763. The number of fused-ring (bicyclic) bond motifs is 1. The standard InChI is InChI=1S/C13H17ClN2/c1-9-8-16-13-11(9)6-10(7-12(13)14)4-2-3-5-15/h6-8,16H,2-5,15H2,1H3. The van der Waals surface area contributed by atoms with Crippen molar-refractivity contribution in [2.24, 2.45) is 5.73 Å². The monoisotopic (exact) mass is 236 g/mol. The molecule has 0 aliphatic carbocycles. The molecule has 2 aromatic rings. The van der Waals surface area contributed by atoms with Gasteiger partial charge < -0.3 is 10.7 Å². The first kappa shape index (κ1) is 11.5. The molecule has 0 amide bonds. The summed E-state index contributed by atoms with van der Waals surface area (Å²) >= 11 is 6.23. The molecule has 0 saturated carbocycles. The molecule has 0 radical (unpaired) electrons. The fourth-order valence-electron chi connectivity index (χ4n) is 2.00. The summed E-state index contributed by atoms with van der Waals surface area (Å²) in [7, 11) is 0. The smallest absolute Gasteiger partial charge is 0.0649 e. The molecule has 3 N–H and O–H groups in total. The molecule has 16 heavy (non-hydrogen) atoms. The van der Waals surface area contributed by atoms with Crippen molar-refractivity contribution in [3.63, 3.8) is 0 Å². The lowest BCUT2D eigenvalue weighted by Gasteiger charge is -2.03. The molecule has 1 aromatic carbocycles. The molecule has 0 unspecified atom stereocenters. The summed E-state index contributed by atoms with van der Waals surface area (Å²) in [5, 5.41) is 2.04. The maximum Gasteiger partial charge on any atom is 0.0649 e. The molecule has 2 rings (SSSR count). The number of halogens is 1. The molecule has 0 aliphatic rings. The number of nitrogens with two attached hydrogens (primary N) is 1. The third-order valence-corrected chi connectivity index (χ3v) is 3.23. The van der Waals surface area contributed by atoms with Crippen LogP contribution in [0.15, 0.2) is 18.3 Å². The van der Waals surface area contributed by atoms with Crippen molar-refractivity contribution in [2.75, 3.05) is 6.54 Å². The van der Waals surface area contributed by atoms with Crippen molar-refractivity contribution in [3.8, 4) is 0 Å². The van der Waals surface area contributed by atoms with Gasteiger partial charge >= 0.3 is 0 Å². The number of hydrogen-bond acceptors (Lipinski definition) is 1. The molecule has 1 heterocycles. The number of aromatic nitrogens is 1. The molecule has 1 aromatic heterocycles. The second-order valence-electron chi connectivity index (χ2n) is 4.22. The fraction of sp³-hybridized carbons (Fsp3) is 0.385. The lowest BCUT2D eigenvalue weighted by molar-refractivity contribution is 0.745. The van der Waals surface area contributed by atoms with Gasteiger partial charge in [0.15, 0.2) is 0 Å². The fourth-order valence-corrected chi connectivity index (χ4v) is 2.29. The van der Waals surface area contributed by atoms with Gasteiger partial charge in [-0.15, -0.1) is 0 Å². The summed E-state index contributed by atoms with van der Waals surface area (Å²) in [6.07, 6.45) is 5.25. The zero-order chi connectivity index (χ0) is 11.5. The van der Waals surface area contributed by atoms with Gasteiger partial charge in [-0.3, -0.25) is 0 Å². The Morgan fingerprint density at radius 1 is 1.31 bits per heavy atom. The number of unbranched alkanes of at least 4 members (excludes halogenated alkanes) is 1. The Hall–Kier alpha value is -0.990. The van der Waals surface area contributed by atoms with Crippen LogP contribution < -0.4 is 5.73 Å². The van der Waals surface area contributed by atoms with E-state index in [1.54, 1.807) is 0 Å². The first-order valence-corrected chi connectivity index (χ1v) is 6.06. The Morgan fingerprint density at radius 2 is 2.12 bits per heavy atom. The van der Waals surface area contributed by atoms with Crippen LogP contribution in [0.3, 0.4) is 0 Å². The van der Waals surface area contributed by atoms with Crippen molar-refractivity contribution in [3.05, 3.63) is 34.5 Å². The molecule has 86 valence electrons. The van der Waals surface area contributed by atoms with E-state index in [0.29, 0.717) is 0 Å². The van der Waals surface area contributed by atoms with Crippen LogP contribution in [0.5, 0.6) is 0 Å². The van der Waals surface area contributed by atoms with E-state index in [1.165, 1.54) is 16.5 Å². The largest absolute Gasteiger partial charge is 0.360 e. The molecule has 0 atom stereocenters. The van der Waals surface area contributed by atoms with Crippen molar-refractivity contribution in [1.82, 2.24) is 4.98 Å². The zero-order valence-electron chi connectivity index (χ0n) is 9.52. The van der Waals surface area contributed by atoms with Gasteiger partial charge in [-0.1, -0.05) is 11.6 Å².